The van der Waals surface area contributed by atoms with E-state index in [1.54, 1.807) is 0 Å². The third-order valence-corrected chi connectivity index (χ3v) is 4.20. The fourth-order valence-corrected chi connectivity index (χ4v) is 3.13. The van der Waals surface area contributed by atoms with E-state index >= 15 is 0 Å². The Morgan fingerprint density at radius 3 is 2.85 bits per heavy atom. The zero-order valence-electron chi connectivity index (χ0n) is 12.0. The topological polar surface area (TPSA) is 72.8 Å². The van der Waals surface area contributed by atoms with Crippen molar-refractivity contribution in [3.63, 3.8) is 0 Å². The molecule has 0 aromatic carbocycles. The first-order valence-corrected chi connectivity index (χ1v) is 7.08. The molecule has 0 amide bonds. The minimum Gasteiger partial charge on any atom is -0.467 e. The Bertz CT molecular complexity index is 414. The van der Waals surface area contributed by atoms with Crippen LogP contribution >= 0.6 is 0 Å². The molecule has 0 saturated heterocycles. The van der Waals surface area contributed by atoms with Crippen molar-refractivity contribution < 1.29 is 24.2 Å². The van der Waals surface area contributed by atoms with Crippen molar-refractivity contribution in [2.45, 2.75) is 32.3 Å². The van der Waals surface area contributed by atoms with E-state index in [1.165, 1.54) is 7.11 Å². The smallest absolute Gasteiger partial charge is 0.331 e. The molecule has 1 N–H and O–H groups in total. The third kappa shape index (κ3) is 3.46. The molecule has 0 aromatic rings. The van der Waals surface area contributed by atoms with Gasteiger partial charge in [-0.2, -0.15) is 0 Å². The molecule has 2 rings (SSSR count). The average molecular weight is 282 g/mol. The summed E-state index contributed by atoms with van der Waals surface area (Å²) in [5.74, 6) is 0.181. The normalized spacial score (nSPS) is 29.8. The summed E-state index contributed by atoms with van der Waals surface area (Å²) in [7, 11) is 1.30. The number of Topliss-reactive ketones (excluding diaryl/α,β-unsaturated/α-hetero) is 1. The SMILES string of the molecule is COC(=O)COCC(C)C(=O)C1=CC2C[C@@H](O)CC2C1. The number of hydrogen-bond acceptors (Lipinski definition) is 5. The van der Waals surface area contributed by atoms with E-state index in [0.717, 1.165) is 24.8 Å². The molecular formula is C15H22O5. The second kappa shape index (κ2) is 6.50. The monoisotopic (exact) mass is 282 g/mol. The molecule has 2 aliphatic carbocycles. The van der Waals surface area contributed by atoms with Crippen molar-refractivity contribution in [2.24, 2.45) is 17.8 Å². The van der Waals surface area contributed by atoms with Gasteiger partial charge in [-0.25, -0.2) is 4.79 Å². The lowest BCUT2D eigenvalue weighted by Gasteiger charge is -2.12. The van der Waals surface area contributed by atoms with Gasteiger partial charge in [-0.05, 0) is 36.7 Å². The quantitative estimate of drug-likeness (QED) is 0.738. The van der Waals surface area contributed by atoms with Gasteiger partial charge in [0.1, 0.15) is 6.61 Å². The van der Waals surface area contributed by atoms with Crippen molar-refractivity contribution in [3.8, 4) is 0 Å². The second-order valence-corrected chi connectivity index (χ2v) is 5.80. The Kier molecular flexibility index (Phi) is 4.94. The lowest BCUT2D eigenvalue weighted by molar-refractivity contribution is -0.147. The maximum atomic E-state index is 12.3. The van der Waals surface area contributed by atoms with Crippen molar-refractivity contribution in [2.75, 3.05) is 20.3 Å². The summed E-state index contributed by atoms with van der Waals surface area (Å²) >= 11 is 0. The van der Waals surface area contributed by atoms with Crippen LogP contribution in [-0.2, 0) is 19.1 Å². The fraction of sp³-hybridized carbons (Fsp3) is 0.733. The van der Waals surface area contributed by atoms with Crippen LogP contribution in [0.5, 0.6) is 0 Å². The van der Waals surface area contributed by atoms with E-state index in [-0.39, 0.29) is 31.0 Å². The maximum Gasteiger partial charge on any atom is 0.331 e. The highest BCUT2D eigenvalue weighted by atomic mass is 16.6. The van der Waals surface area contributed by atoms with Crippen LogP contribution < -0.4 is 0 Å². The van der Waals surface area contributed by atoms with Crippen LogP contribution in [0.15, 0.2) is 11.6 Å². The summed E-state index contributed by atoms with van der Waals surface area (Å²) in [5, 5.41) is 9.58. The van der Waals surface area contributed by atoms with Crippen LogP contribution in [0.3, 0.4) is 0 Å². The van der Waals surface area contributed by atoms with Crippen molar-refractivity contribution in [3.05, 3.63) is 11.6 Å². The number of ketones is 1. The molecule has 0 radical (unpaired) electrons. The molecule has 20 heavy (non-hydrogen) atoms. The summed E-state index contributed by atoms with van der Waals surface area (Å²) in [6, 6.07) is 0. The molecule has 5 nitrogen and oxygen atoms in total. The fourth-order valence-electron chi connectivity index (χ4n) is 3.13. The molecule has 1 saturated carbocycles. The third-order valence-electron chi connectivity index (χ3n) is 4.20. The number of aliphatic hydroxyl groups excluding tert-OH is 1. The first-order valence-electron chi connectivity index (χ1n) is 7.08. The molecule has 1 fully saturated rings. The highest BCUT2D eigenvalue weighted by Crippen LogP contribution is 2.43. The molecule has 2 aliphatic rings. The lowest BCUT2D eigenvalue weighted by atomic mass is 9.95. The Morgan fingerprint density at radius 2 is 2.20 bits per heavy atom. The summed E-state index contributed by atoms with van der Waals surface area (Å²) in [5.41, 5.74) is 0.862. The summed E-state index contributed by atoms with van der Waals surface area (Å²) in [6.45, 7) is 1.91. The van der Waals surface area contributed by atoms with Gasteiger partial charge in [-0.15, -0.1) is 0 Å². The molecule has 5 heteroatoms. The number of carbonyl (C=O) groups excluding carboxylic acids is 2. The van der Waals surface area contributed by atoms with E-state index in [9.17, 15) is 14.7 Å². The Labute approximate surface area is 118 Å². The minimum atomic E-state index is -0.437. The predicted octanol–water partition coefficient (Wildman–Crippen LogP) is 1.10. The zero-order valence-corrected chi connectivity index (χ0v) is 12.0. The van der Waals surface area contributed by atoms with Gasteiger partial charge in [-0.1, -0.05) is 13.0 Å². The van der Waals surface area contributed by atoms with Crippen LogP contribution in [0.1, 0.15) is 26.2 Å². The highest BCUT2D eigenvalue weighted by Gasteiger charge is 2.38. The van der Waals surface area contributed by atoms with Gasteiger partial charge in [0.15, 0.2) is 5.78 Å². The van der Waals surface area contributed by atoms with E-state index < -0.39 is 5.97 Å². The van der Waals surface area contributed by atoms with Gasteiger partial charge < -0.3 is 14.6 Å². The molecule has 0 aromatic heterocycles. The van der Waals surface area contributed by atoms with E-state index in [4.69, 9.17) is 4.74 Å². The molecule has 0 bridgehead atoms. The molecule has 112 valence electrons. The number of methoxy groups -OCH3 is 1. The van der Waals surface area contributed by atoms with Gasteiger partial charge in [0.2, 0.25) is 0 Å². The Morgan fingerprint density at radius 1 is 1.45 bits per heavy atom. The van der Waals surface area contributed by atoms with Crippen LogP contribution in [0.25, 0.3) is 0 Å². The van der Waals surface area contributed by atoms with Gasteiger partial charge in [0, 0.05) is 5.92 Å². The number of carbonyl (C=O) groups is 2. The zero-order chi connectivity index (χ0) is 14.7. The lowest BCUT2D eigenvalue weighted by Crippen LogP contribution is -2.21. The molecule has 0 heterocycles. The van der Waals surface area contributed by atoms with Gasteiger partial charge in [0.25, 0.3) is 0 Å². The molecule has 0 aliphatic heterocycles. The van der Waals surface area contributed by atoms with Gasteiger partial charge in [0.05, 0.1) is 19.8 Å². The molecular weight excluding hydrogens is 260 g/mol. The number of ether oxygens (including phenoxy) is 2. The Balaban J connectivity index is 1.80. The number of allylic oxidation sites excluding steroid dienone is 2. The summed E-state index contributed by atoms with van der Waals surface area (Å²) < 4.78 is 9.65. The summed E-state index contributed by atoms with van der Waals surface area (Å²) in [6.07, 6.45) is 4.15. The molecule has 3 unspecified atom stereocenters. The number of rotatable bonds is 6. The van der Waals surface area contributed by atoms with Crippen molar-refractivity contribution in [1.82, 2.24) is 0 Å². The average Bonchev–Trinajstić information content (AvgIpc) is 2.94. The van der Waals surface area contributed by atoms with Crippen LogP contribution in [-0.4, -0.2) is 43.3 Å². The van der Waals surface area contributed by atoms with Crippen LogP contribution in [0.4, 0.5) is 0 Å². The number of fused-ring (bicyclic) bond motifs is 1. The number of aliphatic hydroxyl groups is 1. The minimum absolute atomic E-state index is 0.0961. The second-order valence-electron chi connectivity index (χ2n) is 5.80. The number of hydrogen-bond donors (Lipinski definition) is 1. The first-order chi connectivity index (χ1) is 9.51. The van der Waals surface area contributed by atoms with Crippen LogP contribution in [0, 0.1) is 17.8 Å². The number of esters is 1. The van der Waals surface area contributed by atoms with Crippen molar-refractivity contribution >= 4 is 11.8 Å². The Hall–Kier alpha value is -1.20. The van der Waals surface area contributed by atoms with Gasteiger partial charge in [-0.3, -0.25) is 4.79 Å². The first kappa shape index (κ1) is 15.2. The van der Waals surface area contributed by atoms with Crippen LogP contribution in [0.2, 0.25) is 0 Å². The van der Waals surface area contributed by atoms with E-state index in [1.807, 2.05) is 13.0 Å². The molecule has 0 spiro atoms. The predicted molar refractivity (Wildman–Crippen MR) is 71.9 cm³/mol. The van der Waals surface area contributed by atoms with E-state index in [2.05, 4.69) is 4.74 Å². The largest absolute Gasteiger partial charge is 0.467 e. The van der Waals surface area contributed by atoms with Crippen molar-refractivity contribution in [1.29, 1.82) is 0 Å². The maximum absolute atomic E-state index is 12.3. The standard InChI is InChI=1S/C15H22O5/c1-9(7-20-8-14(17)19-2)15(18)12-3-10-5-13(16)6-11(10)4-12/h3,9-11,13,16H,4-8H2,1-2H3/t9?,10?,11?,13-/m1/s1. The molecule has 4 atom stereocenters. The van der Waals surface area contributed by atoms with E-state index in [0.29, 0.717) is 11.8 Å². The highest BCUT2D eigenvalue weighted by molar-refractivity contribution is 5.97. The van der Waals surface area contributed by atoms with Gasteiger partial charge >= 0.3 is 5.97 Å². The summed E-state index contributed by atoms with van der Waals surface area (Å²) in [4.78, 5) is 23.2.